The molecule has 0 saturated carbocycles. The number of nitrogens with zero attached hydrogens (tertiary/aromatic N) is 3. The van der Waals surface area contributed by atoms with Gasteiger partial charge in [0.1, 0.15) is 0 Å². The first-order valence-corrected chi connectivity index (χ1v) is 7.04. The number of fused-ring (bicyclic) bond motifs is 1. The van der Waals surface area contributed by atoms with Crippen LogP contribution in [-0.4, -0.2) is 33.0 Å². The van der Waals surface area contributed by atoms with Crippen LogP contribution in [0.3, 0.4) is 0 Å². The molecule has 6 nitrogen and oxygen atoms in total. The summed E-state index contributed by atoms with van der Waals surface area (Å²) >= 11 is 0. The zero-order valence-electron chi connectivity index (χ0n) is 12.0. The van der Waals surface area contributed by atoms with Crippen LogP contribution in [-0.2, 0) is 23.2 Å². The molecule has 1 aromatic heterocycles. The predicted molar refractivity (Wildman–Crippen MR) is 78.0 cm³/mol. The number of rotatable bonds is 3. The molecule has 1 aliphatic rings. The maximum Gasteiger partial charge on any atom is 0.222 e. The molecule has 1 atom stereocenters. The largest absolute Gasteiger partial charge is 0.369 e. The van der Waals surface area contributed by atoms with Gasteiger partial charge >= 0.3 is 0 Å². The van der Waals surface area contributed by atoms with Gasteiger partial charge in [0, 0.05) is 25.4 Å². The van der Waals surface area contributed by atoms with Crippen molar-refractivity contribution in [1.82, 2.24) is 14.7 Å². The smallest absolute Gasteiger partial charge is 0.222 e. The van der Waals surface area contributed by atoms with Gasteiger partial charge in [0.05, 0.1) is 23.7 Å². The van der Waals surface area contributed by atoms with E-state index in [1.165, 1.54) is 0 Å². The summed E-state index contributed by atoms with van der Waals surface area (Å²) in [4.78, 5) is 25.1. The molecule has 110 valence electrons. The highest BCUT2D eigenvalue weighted by Crippen LogP contribution is 2.23. The van der Waals surface area contributed by atoms with Gasteiger partial charge in [-0.3, -0.25) is 14.3 Å². The summed E-state index contributed by atoms with van der Waals surface area (Å²) in [7, 11) is 1.88. The highest BCUT2D eigenvalue weighted by Gasteiger charge is 2.29. The number of likely N-dealkylation sites (tertiary alicyclic amines) is 1. The van der Waals surface area contributed by atoms with E-state index in [1.807, 2.05) is 36.0 Å². The minimum Gasteiger partial charge on any atom is -0.369 e. The minimum absolute atomic E-state index is 0.0576. The summed E-state index contributed by atoms with van der Waals surface area (Å²) in [5, 5.41) is 5.53. The van der Waals surface area contributed by atoms with Gasteiger partial charge in [0.25, 0.3) is 0 Å². The van der Waals surface area contributed by atoms with Crippen molar-refractivity contribution >= 4 is 22.7 Å². The topological polar surface area (TPSA) is 81.2 Å². The van der Waals surface area contributed by atoms with E-state index >= 15 is 0 Å². The van der Waals surface area contributed by atoms with Gasteiger partial charge in [-0.2, -0.15) is 5.10 Å². The lowest BCUT2D eigenvalue weighted by atomic mass is 9.97. The zero-order valence-corrected chi connectivity index (χ0v) is 12.0. The molecule has 3 rings (SSSR count). The molecule has 21 heavy (non-hydrogen) atoms. The molecule has 1 aromatic carbocycles. The first kappa shape index (κ1) is 13.6. The molecule has 1 saturated heterocycles. The van der Waals surface area contributed by atoms with Crippen molar-refractivity contribution in [3.63, 3.8) is 0 Å². The molecule has 2 amide bonds. The predicted octanol–water partition coefficient (Wildman–Crippen LogP) is 0.797. The maximum atomic E-state index is 12.0. The van der Waals surface area contributed by atoms with Gasteiger partial charge in [0.15, 0.2) is 0 Å². The van der Waals surface area contributed by atoms with Gasteiger partial charge in [-0.25, -0.2) is 0 Å². The second kappa shape index (κ2) is 5.20. The number of carbonyl (C=O) groups excluding carboxylic acids is 2. The summed E-state index contributed by atoms with van der Waals surface area (Å²) < 4.78 is 1.81. The molecular weight excluding hydrogens is 268 g/mol. The Bertz CT molecular complexity index is 707. The van der Waals surface area contributed by atoms with Crippen molar-refractivity contribution in [2.24, 2.45) is 18.7 Å². The van der Waals surface area contributed by atoms with Crippen molar-refractivity contribution in [2.45, 2.75) is 19.4 Å². The van der Waals surface area contributed by atoms with Gasteiger partial charge in [-0.15, -0.1) is 0 Å². The van der Waals surface area contributed by atoms with Crippen LogP contribution in [0.4, 0.5) is 0 Å². The van der Waals surface area contributed by atoms with E-state index in [1.54, 1.807) is 4.90 Å². The van der Waals surface area contributed by atoms with E-state index in [2.05, 4.69) is 5.10 Å². The minimum atomic E-state index is -0.335. The van der Waals surface area contributed by atoms with Crippen molar-refractivity contribution < 1.29 is 9.59 Å². The number of piperidine rings is 1. The van der Waals surface area contributed by atoms with Crippen LogP contribution < -0.4 is 5.73 Å². The summed E-state index contributed by atoms with van der Waals surface area (Å²) in [5.74, 6) is -0.529. The number of aryl methyl sites for hydroxylation is 1. The lowest BCUT2D eigenvalue weighted by molar-refractivity contribution is -0.138. The van der Waals surface area contributed by atoms with Crippen molar-refractivity contribution in [3.8, 4) is 0 Å². The van der Waals surface area contributed by atoms with E-state index in [-0.39, 0.29) is 17.7 Å². The molecule has 2 heterocycles. The number of para-hydroxylation sites is 1. The lowest BCUT2D eigenvalue weighted by Gasteiger charge is -2.30. The summed E-state index contributed by atoms with van der Waals surface area (Å²) in [6, 6.07) is 7.91. The highest BCUT2D eigenvalue weighted by atomic mass is 16.2. The van der Waals surface area contributed by atoms with Crippen molar-refractivity contribution in [2.75, 3.05) is 6.54 Å². The first-order valence-electron chi connectivity index (χ1n) is 7.04. The van der Waals surface area contributed by atoms with Crippen molar-refractivity contribution in [3.05, 3.63) is 30.0 Å². The van der Waals surface area contributed by atoms with E-state index in [9.17, 15) is 9.59 Å². The maximum absolute atomic E-state index is 12.0. The van der Waals surface area contributed by atoms with Crippen LogP contribution in [0.15, 0.2) is 24.3 Å². The molecule has 0 unspecified atom stereocenters. The SMILES string of the molecule is Cn1nc(CN2C[C@@H](C(N)=O)CCC2=O)c2ccccc21. The number of carbonyl (C=O) groups is 2. The van der Waals surface area contributed by atoms with E-state index < -0.39 is 0 Å². The molecule has 0 aliphatic carbocycles. The monoisotopic (exact) mass is 286 g/mol. The quantitative estimate of drug-likeness (QED) is 0.906. The Morgan fingerprint density at radius 2 is 2.19 bits per heavy atom. The van der Waals surface area contributed by atoms with Crippen LogP contribution in [0.25, 0.3) is 10.9 Å². The molecule has 1 fully saturated rings. The number of amides is 2. The van der Waals surface area contributed by atoms with Crippen LogP contribution in [0.2, 0.25) is 0 Å². The van der Waals surface area contributed by atoms with E-state index in [0.717, 1.165) is 16.6 Å². The Labute approximate surface area is 122 Å². The standard InChI is InChI=1S/C15H18N4O2/c1-18-13-5-3-2-4-11(13)12(17-18)9-19-8-10(15(16)21)6-7-14(19)20/h2-5,10H,6-9H2,1H3,(H2,16,21)/t10-/m0/s1. The van der Waals surface area contributed by atoms with Gasteiger partial charge < -0.3 is 10.6 Å². The first-order chi connectivity index (χ1) is 10.1. The van der Waals surface area contributed by atoms with Crippen LogP contribution in [0, 0.1) is 5.92 Å². The number of aromatic nitrogens is 2. The third kappa shape index (κ3) is 2.49. The number of hydrogen-bond acceptors (Lipinski definition) is 3. The summed E-state index contributed by atoms with van der Waals surface area (Å²) in [6.45, 7) is 0.809. The molecule has 0 bridgehead atoms. The van der Waals surface area contributed by atoms with E-state index in [4.69, 9.17) is 5.73 Å². The number of nitrogens with two attached hydrogens (primary N) is 1. The Morgan fingerprint density at radius 3 is 2.95 bits per heavy atom. The van der Waals surface area contributed by atoms with Gasteiger partial charge in [-0.05, 0) is 12.5 Å². The fourth-order valence-corrected chi connectivity index (χ4v) is 2.89. The molecule has 2 N–H and O–H groups in total. The van der Waals surface area contributed by atoms with E-state index in [0.29, 0.717) is 25.9 Å². The molecule has 1 aliphatic heterocycles. The highest BCUT2D eigenvalue weighted by molar-refractivity contribution is 5.84. The van der Waals surface area contributed by atoms with Crippen LogP contribution in [0.5, 0.6) is 0 Å². The molecule has 6 heteroatoms. The Hall–Kier alpha value is -2.37. The number of benzene rings is 1. The Morgan fingerprint density at radius 1 is 1.43 bits per heavy atom. The zero-order chi connectivity index (χ0) is 15.0. The average molecular weight is 286 g/mol. The summed E-state index contributed by atoms with van der Waals surface area (Å²) in [6.07, 6.45) is 0.923. The third-order valence-electron chi connectivity index (χ3n) is 4.08. The molecule has 0 radical (unpaired) electrons. The second-order valence-corrected chi connectivity index (χ2v) is 5.50. The van der Waals surface area contributed by atoms with Crippen LogP contribution >= 0.6 is 0 Å². The Kier molecular flexibility index (Phi) is 3.37. The molecule has 2 aromatic rings. The molecular formula is C15H18N4O2. The van der Waals surface area contributed by atoms with Crippen LogP contribution in [0.1, 0.15) is 18.5 Å². The normalized spacial score (nSPS) is 19.2. The Balaban J connectivity index is 1.87. The summed E-state index contributed by atoms with van der Waals surface area (Å²) in [5.41, 5.74) is 7.25. The number of hydrogen-bond donors (Lipinski definition) is 1. The van der Waals surface area contributed by atoms with Gasteiger partial charge in [0.2, 0.25) is 11.8 Å². The third-order valence-corrected chi connectivity index (χ3v) is 4.08. The number of primary amides is 1. The second-order valence-electron chi connectivity index (χ2n) is 5.50. The average Bonchev–Trinajstić information content (AvgIpc) is 2.78. The van der Waals surface area contributed by atoms with Crippen molar-refractivity contribution in [1.29, 1.82) is 0 Å². The fourth-order valence-electron chi connectivity index (χ4n) is 2.89. The lowest BCUT2D eigenvalue weighted by Crippen LogP contribution is -2.44. The fraction of sp³-hybridized carbons (Fsp3) is 0.400. The molecule has 0 spiro atoms. The van der Waals surface area contributed by atoms with Gasteiger partial charge in [-0.1, -0.05) is 18.2 Å².